The van der Waals surface area contributed by atoms with Crippen LogP contribution in [0.4, 0.5) is 0 Å². The Labute approximate surface area is 116 Å². The molecule has 1 aromatic rings. The Balaban J connectivity index is 2.03. The van der Waals surface area contributed by atoms with Crippen LogP contribution in [0.5, 0.6) is 0 Å². The lowest BCUT2D eigenvalue weighted by molar-refractivity contribution is 0.315. The number of aliphatic imine (C=N–C) groups is 1. The Morgan fingerprint density at radius 2 is 1.84 bits per heavy atom. The van der Waals surface area contributed by atoms with Crippen molar-refractivity contribution in [2.45, 2.75) is 39.8 Å². The molecule has 0 saturated carbocycles. The summed E-state index contributed by atoms with van der Waals surface area (Å²) in [6.07, 6.45) is 2.19. The molecule has 3 heteroatoms. The molecular formula is C16H23N3. The summed E-state index contributed by atoms with van der Waals surface area (Å²) in [5.74, 6) is 1.01. The first-order chi connectivity index (χ1) is 9.08. The maximum atomic E-state index is 4.64. The zero-order chi connectivity index (χ0) is 13.8. The molecule has 0 amide bonds. The molecule has 0 aliphatic carbocycles. The summed E-state index contributed by atoms with van der Waals surface area (Å²) in [6.45, 7) is 9.38. The van der Waals surface area contributed by atoms with Gasteiger partial charge in [0.25, 0.3) is 0 Å². The summed E-state index contributed by atoms with van der Waals surface area (Å²) < 4.78 is 0. The summed E-state index contributed by atoms with van der Waals surface area (Å²) in [5.41, 5.74) is 2.48. The van der Waals surface area contributed by atoms with E-state index in [0.29, 0.717) is 6.04 Å². The second-order valence-electron chi connectivity index (χ2n) is 5.34. The van der Waals surface area contributed by atoms with Crippen molar-refractivity contribution >= 4 is 5.84 Å². The first-order valence-corrected chi connectivity index (χ1v) is 6.88. The molecule has 1 heterocycles. The number of amidine groups is 1. The predicted octanol–water partition coefficient (Wildman–Crippen LogP) is 3.32. The van der Waals surface area contributed by atoms with E-state index in [9.17, 15) is 0 Å². The molecule has 19 heavy (non-hydrogen) atoms. The molecule has 0 radical (unpaired) electrons. The standard InChI is InChI=1S/C16H23N3/c1-12(2)19-10-13(3)16(17-11-19)18-14(4)15-8-6-5-7-9-15/h5-10,12,14H,11H2,1-4H3,(H,17,18). The lowest BCUT2D eigenvalue weighted by Gasteiger charge is -2.29. The number of nitrogens with zero attached hydrogens (tertiary/aromatic N) is 2. The lowest BCUT2D eigenvalue weighted by Crippen LogP contribution is -2.36. The molecule has 0 spiro atoms. The van der Waals surface area contributed by atoms with Crippen molar-refractivity contribution in [3.63, 3.8) is 0 Å². The average Bonchev–Trinajstić information content (AvgIpc) is 2.41. The number of hydrogen-bond donors (Lipinski definition) is 1. The van der Waals surface area contributed by atoms with Crippen LogP contribution in [-0.4, -0.2) is 23.4 Å². The second kappa shape index (κ2) is 5.91. The minimum atomic E-state index is 0.272. The topological polar surface area (TPSA) is 27.6 Å². The van der Waals surface area contributed by atoms with Crippen LogP contribution in [0.2, 0.25) is 0 Å². The zero-order valence-corrected chi connectivity index (χ0v) is 12.2. The van der Waals surface area contributed by atoms with Gasteiger partial charge in [0, 0.05) is 23.9 Å². The molecule has 1 unspecified atom stereocenters. The molecule has 1 N–H and O–H groups in total. The van der Waals surface area contributed by atoms with E-state index in [1.54, 1.807) is 0 Å². The van der Waals surface area contributed by atoms with Gasteiger partial charge < -0.3 is 10.2 Å². The lowest BCUT2D eigenvalue weighted by atomic mass is 10.1. The molecule has 1 aliphatic rings. The van der Waals surface area contributed by atoms with Crippen LogP contribution in [0.15, 0.2) is 47.1 Å². The summed E-state index contributed by atoms with van der Waals surface area (Å²) in [5, 5.41) is 3.50. The summed E-state index contributed by atoms with van der Waals surface area (Å²) >= 11 is 0. The van der Waals surface area contributed by atoms with E-state index in [4.69, 9.17) is 0 Å². The van der Waals surface area contributed by atoms with Gasteiger partial charge in [0.2, 0.25) is 0 Å². The van der Waals surface area contributed by atoms with Crippen molar-refractivity contribution < 1.29 is 0 Å². The van der Waals surface area contributed by atoms with Gasteiger partial charge in [0.15, 0.2) is 0 Å². The molecular weight excluding hydrogens is 234 g/mol. The van der Waals surface area contributed by atoms with Crippen molar-refractivity contribution in [1.82, 2.24) is 10.2 Å². The van der Waals surface area contributed by atoms with Crippen LogP contribution >= 0.6 is 0 Å². The highest BCUT2D eigenvalue weighted by atomic mass is 15.2. The molecule has 1 atom stereocenters. The highest BCUT2D eigenvalue weighted by molar-refractivity contribution is 5.98. The minimum Gasteiger partial charge on any atom is -0.364 e. The van der Waals surface area contributed by atoms with E-state index in [1.165, 1.54) is 11.1 Å². The molecule has 0 bridgehead atoms. The van der Waals surface area contributed by atoms with E-state index < -0.39 is 0 Å². The van der Waals surface area contributed by atoms with Gasteiger partial charge in [-0.1, -0.05) is 30.3 Å². The molecule has 0 aromatic heterocycles. The van der Waals surface area contributed by atoms with Crippen LogP contribution in [0.3, 0.4) is 0 Å². The highest BCUT2D eigenvalue weighted by Gasteiger charge is 2.15. The fourth-order valence-electron chi connectivity index (χ4n) is 2.13. The van der Waals surface area contributed by atoms with Gasteiger partial charge in [-0.05, 0) is 33.3 Å². The molecule has 1 aromatic carbocycles. The van der Waals surface area contributed by atoms with Crippen molar-refractivity contribution in [1.29, 1.82) is 0 Å². The third kappa shape index (κ3) is 3.37. The monoisotopic (exact) mass is 257 g/mol. The summed E-state index contributed by atoms with van der Waals surface area (Å²) in [7, 11) is 0. The van der Waals surface area contributed by atoms with Gasteiger partial charge in [0.05, 0.1) is 0 Å². The quantitative estimate of drug-likeness (QED) is 0.899. The average molecular weight is 257 g/mol. The smallest absolute Gasteiger partial charge is 0.127 e. The third-order valence-corrected chi connectivity index (χ3v) is 3.44. The fourth-order valence-corrected chi connectivity index (χ4v) is 2.13. The van der Waals surface area contributed by atoms with Crippen LogP contribution in [0, 0.1) is 0 Å². The van der Waals surface area contributed by atoms with Gasteiger partial charge >= 0.3 is 0 Å². The normalized spacial score (nSPS) is 17.0. The zero-order valence-electron chi connectivity index (χ0n) is 12.2. The number of benzene rings is 1. The Hall–Kier alpha value is -1.77. The Kier molecular flexibility index (Phi) is 4.25. The molecule has 2 rings (SSSR count). The van der Waals surface area contributed by atoms with Crippen LogP contribution < -0.4 is 5.32 Å². The van der Waals surface area contributed by atoms with Crippen molar-refractivity contribution in [3.05, 3.63) is 47.7 Å². The van der Waals surface area contributed by atoms with Crippen molar-refractivity contribution in [2.24, 2.45) is 4.99 Å². The van der Waals surface area contributed by atoms with E-state index in [0.717, 1.165) is 12.5 Å². The van der Waals surface area contributed by atoms with E-state index in [2.05, 4.69) is 73.4 Å². The van der Waals surface area contributed by atoms with Crippen LogP contribution in [0.1, 0.15) is 39.3 Å². The molecule has 0 fully saturated rings. The van der Waals surface area contributed by atoms with Crippen molar-refractivity contribution in [3.8, 4) is 0 Å². The number of nitrogens with one attached hydrogen (secondary N) is 1. The maximum absolute atomic E-state index is 4.64. The maximum Gasteiger partial charge on any atom is 0.127 e. The van der Waals surface area contributed by atoms with Crippen LogP contribution in [-0.2, 0) is 0 Å². The Bertz CT molecular complexity index is 474. The molecule has 1 aliphatic heterocycles. The van der Waals surface area contributed by atoms with Gasteiger partial charge in [0.1, 0.15) is 12.5 Å². The summed E-state index contributed by atoms with van der Waals surface area (Å²) in [6, 6.07) is 11.2. The van der Waals surface area contributed by atoms with E-state index >= 15 is 0 Å². The first kappa shape index (κ1) is 13.7. The SMILES string of the molecule is CC1=CN(C(C)C)CN=C1NC(C)c1ccccc1. The van der Waals surface area contributed by atoms with Gasteiger partial charge in [-0.25, -0.2) is 4.99 Å². The number of rotatable bonds is 3. The molecule has 0 saturated heterocycles. The van der Waals surface area contributed by atoms with Gasteiger partial charge in [-0.15, -0.1) is 0 Å². The largest absolute Gasteiger partial charge is 0.364 e. The van der Waals surface area contributed by atoms with Crippen molar-refractivity contribution in [2.75, 3.05) is 6.67 Å². The van der Waals surface area contributed by atoms with Gasteiger partial charge in [-0.3, -0.25) is 0 Å². The van der Waals surface area contributed by atoms with E-state index in [-0.39, 0.29) is 6.04 Å². The molecule has 3 nitrogen and oxygen atoms in total. The predicted molar refractivity (Wildman–Crippen MR) is 81.0 cm³/mol. The Morgan fingerprint density at radius 3 is 2.42 bits per heavy atom. The minimum absolute atomic E-state index is 0.272. The Morgan fingerprint density at radius 1 is 1.16 bits per heavy atom. The highest BCUT2D eigenvalue weighted by Crippen LogP contribution is 2.15. The third-order valence-electron chi connectivity index (χ3n) is 3.44. The fraction of sp³-hybridized carbons (Fsp3) is 0.438. The first-order valence-electron chi connectivity index (χ1n) is 6.88. The van der Waals surface area contributed by atoms with Crippen LogP contribution in [0.25, 0.3) is 0 Å². The van der Waals surface area contributed by atoms with Gasteiger partial charge in [-0.2, -0.15) is 0 Å². The molecule has 102 valence electrons. The van der Waals surface area contributed by atoms with E-state index in [1.807, 2.05) is 6.07 Å². The summed E-state index contributed by atoms with van der Waals surface area (Å²) in [4.78, 5) is 6.89. The number of hydrogen-bond acceptors (Lipinski definition) is 3. The second-order valence-corrected chi connectivity index (χ2v) is 5.34.